The minimum absolute atomic E-state index is 0.0701. The van der Waals surface area contributed by atoms with Gasteiger partial charge in [0.15, 0.2) is 0 Å². The molecule has 0 aliphatic carbocycles. The second-order valence-electron chi connectivity index (χ2n) is 4.94. The summed E-state index contributed by atoms with van der Waals surface area (Å²) in [6, 6.07) is 10.4. The van der Waals surface area contributed by atoms with Gasteiger partial charge in [0.1, 0.15) is 6.10 Å². The molecule has 0 aliphatic rings. The molecule has 0 radical (unpaired) electrons. The molecule has 2 rings (SSSR count). The molecule has 1 aromatic heterocycles. The van der Waals surface area contributed by atoms with Gasteiger partial charge in [-0.05, 0) is 29.8 Å². The van der Waals surface area contributed by atoms with Crippen molar-refractivity contribution in [1.82, 2.24) is 4.98 Å². The first-order valence-electron chi connectivity index (χ1n) is 6.61. The molecule has 0 bridgehead atoms. The predicted molar refractivity (Wildman–Crippen MR) is 76.1 cm³/mol. The Balaban J connectivity index is 2.33. The zero-order chi connectivity index (χ0) is 15.5. The molecule has 0 fully saturated rings. The molecule has 0 saturated heterocycles. The zero-order valence-corrected chi connectivity index (χ0v) is 11.8. The summed E-state index contributed by atoms with van der Waals surface area (Å²) in [5.74, 6) is 0. The van der Waals surface area contributed by atoms with E-state index in [1.165, 1.54) is 12.1 Å². The van der Waals surface area contributed by atoms with Crippen molar-refractivity contribution >= 4 is 6.92 Å². The van der Waals surface area contributed by atoms with Crippen LogP contribution in [0.4, 0.5) is 13.2 Å². The van der Waals surface area contributed by atoms with Gasteiger partial charge in [-0.2, -0.15) is 13.2 Å². The van der Waals surface area contributed by atoms with Gasteiger partial charge in [-0.3, -0.25) is 4.98 Å². The molecule has 2 nitrogen and oxygen atoms in total. The fraction of sp³-hybridized carbons (Fsp3) is 0.267. The van der Waals surface area contributed by atoms with Crippen LogP contribution in [0.5, 0.6) is 0 Å². The number of aromatic nitrogens is 1. The van der Waals surface area contributed by atoms with Crippen molar-refractivity contribution in [2.75, 3.05) is 0 Å². The van der Waals surface area contributed by atoms with Crippen molar-refractivity contribution in [1.29, 1.82) is 0 Å². The Morgan fingerprint density at radius 1 is 1.05 bits per heavy atom. The number of benzene rings is 1. The van der Waals surface area contributed by atoms with E-state index >= 15 is 0 Å². The third-order valence-corrected chi connectivity index (χ3v) is 2.91. The van der Waals surface area contributed by atoms with Gasteiger partial charge in [0.2, 0.25) is 0 Å². The lowest BCUT2D eigenvalue weighted by Gasteiger charge is -2.20. The van der Waals surface area contributed by atoms with Crippen LogP contribution in [0.3, 0.4) is 0 Å². The van der Waals surface area contributed by atoms with Gasteiger partial charge in [-0.15, -0.1) is 0 Å². The third kappa shape index (κ3) is 4.08. The van der Waals surface area contributed by atoms with Crippen molar-refractivity contribution in [2.45, 2.75) is 25.9 Å². The van der Waals surface area contributed by atoms with E-state index < -0.39 is 17.8 Å². The highest BCUT2D eigenvalue weighted by molar-refractivity contribution is 6.48. The number of hydrogen-bond donors (Lipinski definition) is 0. The van der Waals surface area contributed by atoms with Crippen LogP contribution in [-0.2, 0) is 10.8 Å². The maximum absolute atomic E-state index is 12.6. The lowest BCUT2D eigenvalue weighted by atomic mass is 9.74. The van der Waals surface area contributed by atoms with E-state index in [9.17, 15) is 13.2 Å². The Labute approximate surface area is 122 Å². The molecule has 1 heterocycles. The van der Waals surface area contributed by atoms with Crippen molar-refractivity contribution in [3.63, 3.8) is 0 Å². The van der Waals surface area contributed by atoms with E-state index in [1.807, 2.05) is 19.7 Å². The van der Waals surface area contributed by atoms with Crippen LogP contribution in [0.15, 0.2) is 48.7 Å². The molecular formula is C15H15BF3NO. The van der Waals surface area contributed by atoms with Crippen molar-refractivity contribution < 1.29 is 17.8 Å². The van der Waals surface area contributed by atoms with Crippen molar-refractivity contribution in [3.05, 3.63) is 65.5 Å². The average molecular weight is 293 g/mol. The number of pyridine rings is 1. The standard InChI is InChI=1S/C15H15BF3NO/c1-16(2)21-14(13-5-3-4-10-20-13)11-6-8-12(9-7-11)15(17,18)19/h3-10,14H,1-2H3. The maximum atomic E-state index is 12.6. The molecule has 6 heteroatoms. The summed E-state index contributed by atoms with van der Waals surface area (Å²) in [7, 11) is 0. The summed E-state index contributed by atoms with van der Waals surface area (Å²) >= 11 is 0. The summed E-state index contributed by atoms with van der Waals surface area (Å²) in [5, 5.41) is 0. The minimum atomic E-state index is -4.34. The zero-order valence-electron chi connectivity index (χ0n) is 11.8. The molecule has 110 valence electrons. The Kier molecular flexibility index (Phi) is 4.68. The van der Waals surface area contributed by atoms with Crippen LogP contribution in [0, 0.1) is 0 Å². The summed E-state index contributed by atoms with van der Waals surface area (Å²) in [5.41, 5.74) is 0.650. The third-order valence-electron chi connectivity index (χ3n) is 2.91. The summed E-state index contributed by atoms with van der Waals surface area (Å²) in [6.07, 6.45) is -3.18. The van der Waals surface area contributed by atoms with E-state index in [0.717, 1.165) is 12.1 Å². The van der Waals surface area contributed by atoms with Gasteiger partial charge in [-0.25, -0.2) is 0 Å². The number of rotatable bonds is 4. The Morgan fingerprint density at radius 3 is 2.19 bits per heavy atom. The molecular weight excluding hydrogens is 278 g/mol. The van der Waals surface area contributed by atoms with Gasteiger partial charge >= 0.3 is 6.18 Å². The Bertz CT molecular complexity index is 570. The van der Waals surface area contributed by atoms with Gasteiger partial charge in [0, 0.05) is 6.20 Å². The monoisotopic (exact) mass is 293 g/mol. The maximum Gasteiger partial charge on any atom is 0.416 e. The second-order valence-corrected chi connectivity index (χ2v) is 4.94. The molecule has 0 amide bonds. The Hall–Kier alpha value is -1.82. The van der Waals surface area contributed by atoms with E-state index in [-0.39, 0.29) is 6.92 Å². The average Bonchev–Trinajstić information content (AvgIpc) is 2.45. The first kappa shape index (κ1) is 15.6. The van der Waals surface area contributed by atoms with Crippen molar-refractivity contribution in [2.24, 2.45) is 0 Å². The first-order valence-corrected chi connectivity index (χ1v) is 6.61. The predicted octanol–water partition coefficient (Wildman–Crippen LogP) is 4.46. The number of alkyl halides is 3. The first-order chi connectivity index (χ1) is 9.88. The van der Waals surface area contributed by atoms with E-state index in [1.54, 1.807) is 18.3 Å². The number of hydrogen-bond acceptors (Lipinski definition) is 2. The summed E-state index contributed by atoms with van der Waals surface area (Å²) < 4.78 is 43.6. The molecule has 0 N–H and O–H groups in total. The van der Waals surface area contributed by atoms with Crippen LogP contribution in [0.25, 0.3) is 0 Å². The molecule has 0 spiro atoms. The quantitative estimate of drug-likeness (QED) is 0.776. The molecule has 21 heavy (non-hydrogen) atoms. The van der Waals surface area contributed by atoms with Crippen molar-refractivity contribution in [3.8, 4) is 0 Å². The number of halogens is 3. The lowest BCUT2D eigenvalue weighted by Crippen LogP contribution is -2.16. The highest BCUT2D eigenvalue weighted by Gasteiger charge is 2.30. The van der Waals surface area contributed by atoms with Gasteiger partial charge in [0.25, 0.3) is 6.92 Å². The van der Waals surface area contributed by atoms with Crippen LogP contribution in [0.1, 0.15) is 22.9 Å². The fourth-order valence-corrected chi connectivity index (χ4v) is 1.97. The second kappa shape index (κ2) is 6.31. The molecule has 0 aliphatic heterocycles. The smallest absolute Gasteiger partial charge is 0.416 e. The van der Waals surface area contributed by atoms with Gasteiger partial charge in [0.05, 0.1) is 11.3 Å². The summed E-state index contributed by atoms with van der Waals surface area (Å²) in [6.45, 7) is 3.68. The molecule has 1 unspecified atom stereocenters. The van der Waals surface area contributed by atoms with Crippen LogP contribution >= 0.6 is 0 Å². The highest BCUT2D eigenvalue weighted by Crippen LogP contribution is 2.31. The van der Waals surface area contributed by atoms with E-state index in [0.29, 0.717) is 11.3 Å². The highest BCUT2D eigenvalue weighted by atomic mass is 19.4. The minimum Gasteiger partial charge on any atom is -0.425 e. The molecule has 1 atom stereocenters. The topological polar surface area (TPSA) is 22.1 Å². The van der Waals surface area contributed by atoms with E-state index in [4.69, 9.17) is 4.65 Å². The van der Waals surface area contributed by atoms with Crippen LogP contribution in [0.2, 0.25) is 13.6 Å². The summed E-state index contributed by atoms with van der Waals surface area (Å²) in [4.78, 5) is 4.23. The lowest BCUT2D eigenvalue weighted by molar-refractivity contribution is -0.137. The number of nitrogens with zero attached hydrogens (tertiary/aromatic N) is 1. The molecule has 2 aromatic rings. The SMILES string of the molecule is CB(C)OC(c1ccc(C(F)(F)F)cc1)c1ccccn1. The largest absolute Gasteiger partial charge is 0.425 e. The van der Waals surface area contributed by atoms with Gasteiger partial charge in [-0.1, -0.05) is 31.8 Å². The van der Waals surface area contributed by atoms with E-state index in [2.05, 4.69) is 4.98 Å². The molecule has 0 saturated carbocycles. The molecule has 1 aromatic carbocycles. The van der Waals surface area contributed by atoms with Crippen LogP contribution < -0.4 is 0 Å². The fourth-order valence-electron chi connectivity index (χ4n) is 1.97. The van der Waals surface area contributed by atoms with Crippen LogP contribution in [-0.4, -0.2) is 11.9 Å². The normalized spacial score (nSPS) is 13.0. The van der Waals surface area contributed by atoms with Gasteiger partial charge < -0.3 is 4.65 Å². The Morgan fingerprint density at radius 2 is 1.71 bits per heavy atom.